The van der Waals surface area contributed by atoms with E-state index in [9.17, 15) is 0 Å². The maximum atomic E-state index is 6.06. The van der Waals surface area contributed by atoms with Crippen LogP contribution >= 0.6 is 7.92 Å². The summed E-state index contributed by atoms with van der Waals surface area (Å²) in [7, 11) is 0.948. The third-order valence-corrected chi connectivity index (χ3v) is 10.0. The molecule has 0 N–H and O–H groups in total. The molecule has 0 heterocycles. The van der Waals surface area contributed by atoms with Gasteiger partial charge in [-0.05, 0) is 76.4 Å². The molecule has 0 atom stereocenters. The predicted octanol–water partition coefficient (Wildman–Crippen LogP) is 8.04. The number of methoxy groups -OCH3 is 1. The van der Waals surface area contributed by atoms with E-state index in [1.54, 1.807) is 7.11 Å². The summed E-state index contributed by atoms with van der Waals surface area (Å²) >= 11 is 0. The van der Waals surface area contributed by atoms with Crippen LogP contribution in [0.5, 0.6) is 5.75 Å². The number of benzene rings is 6. The van der Waals surface area contributed by atoms with Crippen molar-refractivity contribution >= 4 is 45.4 Å². The molecule has 37 heavy (non-hydrogen) atoms. The number of rotatable bonds is 5. The summed E-state index contributed by atoms with van der Waals surface area (Å²) in [5.41, 5.74) is 5.08. The Labute approximate surface area is 220 Å². The molecule has 0 saturated carbocycles. The zero-order valence-corrected chi connectivity index (χ0v) is 22.3. The van der Waals surface area contributed by atoms with Gasteiger partial charge in [-0.15, -0.1) is 0 Å². The molecule has 2 heteroatoms. The highest BCUT2D eigenvalue weighted by atomic mass is 31.1. The van der Waals surface area contributed by atoms with E-state index >= 15 is 0 Å². The van der Waals surface area contributed by atoms with Crippen LogP contribution < -0.4 is 20.7 Å². The van der Waals surface area contributed by atoms with Crippen LogP contribution in [0.3, 0.4) is 0 Å². The standard InChI is InChI=1S/C35H29OP/c1-24-12-4-10-18-31(24)37(32-19-11-5-13-25(32)2)33-23-21-27-15-7-9-17-29(27)35(33)34-28-16-8-6-14-26(28)20-22-30(34)36-3/h4-23H,1-3H3. The van der Waals surface area contributed by atoms with Crippen LogP contribution in [-0.2, 0) is 0 Å². The van der Waals surface area contributed by atoms with Gasteiger partial charge in [-0.1, -0.05) is 115 Å². The Morgan fingerprint density at radius 2 is 0.946 bits per heavy atom. The van der Waals surface area contributed by atoms with E-state index in [0.29, 0.717) is 0 Å². The Kier molecular flexibility index (Phi) is 6.25. The number of ether oxygens (including phenoxy) is 1. The minimum atomic E-state index is -0.834. The van der Waals surface area contributed by atoms with Gasteiger partial charge in [-0.25, -0.2) is 0 Å². The van der Waals surface area contributed by atoms with E-state index in [4.69, 9.17) is 4.74 Å². The Hall–Kier alpha value is -3.93. The highest BCUT2D eigenvalue weighted by molar-refractivity contribution is 7.80. The van der Waals surface area contributed by atoms with Crippen molar-refractivity contribution in [3.63, 3.8) is 0 Å². The van der Waals surface area contributed by atoms with Crippen molar-refractivity contribution < 1.29 is 4.74 Å². The third-order valence-electron chi connectivity index (χ3n) is 7.22. The van der Waals surface area contributed by atoms with Gasteiger partial charge in [0, 0.05) is 11.1 Å². The topological polar surface area (TPSA) is 9.23 Å². The van der Waals surface area contributed by atoms with Gasteiger partial charge in [0.15, 0.2) is 0 Å². The first-order valence-electron chi connectivity index (χ1n) is 12.7. The second-order valence-corrected chi connectivity index (χ2v) is 11.6. The maximum Gasteiger partial charge on any atom is 0.127 e. The average Bonchev–Trinajstić information content (AvgIpc) is 2.94. The van der Waals surface area contributed by atoms with E-state index in [1.807, 2.05) is 0 Å². The van der Waals surface area contributed by atoms with Crippen LogP contribution in [0, 0.1) is 13.8 Å². The fourth-order valence-electron chi connectivity index (χ4n) is 5.41. The number of hydrogen-bond donors (Lipinski definition) is 0. The maximum absolute atomic E-state index is 6.06. The van der Waals surface area contributed by atoms with Gasteiger partial charge in [-0.2, -0.15) is 0 Å². The average molecular weight is 497 g/mol. The summed E-state index contributed by atoms with van der Waals surface area (Å²) in [6.45, 7) is 4.48. The molecular weight excluding hydrogens is 467 g/mol. The van der Waals surface area contributed by atoms with Gasteiger partial charge in [0.1, 0.15) is 5.75 Å². The van der Waals surface area contributed by atoms with Gasteiger partial charge in [0.2, 0.25) is 0 Å². The fraction of sp³-hybridized carbons (Fsp3) is 0.0857. The zero-order chi connectivity index (χ0) is 25.4. The molecule has 6 aromatic rings. The smallest absolute Gasteiger partial charge is 0.127 e. The number of aryl methyl sites for hydroxylation is 2. The van der Waals surface area contributed by atoms with Crippen molar-refractivity contribution in [3.8, 4) is 16.9 Å². The first-order valence-corrected chi connectivity index (χ1v) is 14.0. The van der Waals surface area contributed by atoms with E-state index in [0.717, 1.165) is 5.75 Å². The lowest BCUT2D eigenvalue weighted by molar-refractivity contribution is 0.417. The Morgan fingerprint density at radius 3 is 1.51 bits per heavy atom. The predicted molar refractivity (Wildman–Crippen MR) is 162 cm³/mol. The Morgan fingerprint density at radius 1 is 0.459 bits per heavy atom. The highest BCUT2D eigenvalue weighted by Gasteiger charge is 2.26. The Bertz CT molecular complexity index is 1700. The van der Waals surface area contributed by atoms with E-state index < -0.39 is 7.92 Å². The molecule has 0 spiro atoms. The lowest BCUT2D eigenvalue weighted by Crippen LogP contribution is -2.25. The molecule has 180 valence electrons. The molecule has 0 bridgehead atoms. The summed E-state index contributed by atoms with van der Waals surface area (Å²) in [5.74, 6) is 0.904. The molecule has 0 aromatic heterocycles. The first kappa shape index (κ1) is 23.5. The summed E-state index contributed by atoms with van der Waals surface area (Å²) in [6.07, 6.45) is 0. The van der Waals surface area contributed by atoms with Gasteiger partial charge in [-0.3, -0.25) is 0 Å². The SMILES string of the molecule is COc1ccc2ccccc2c1-c1c(P(c2ccccc2C)c2ccccc2C)ccc2ccccc12. The second kappa shape index (κ2) is 9.85. The molecule has 0 amide bonds. The van der Waals surface area contributed by atoms with Crippen LogP contribution in [-0.4, -0.2) is 7.11 Å². The molecule has 0 radical (unpaired) electrons. The normalized spacial score (nSPS) is 11.4. The van der Waals surface area contributed by atoms with E-state index in [2.05, 4.69) is 135 Å². The van der Waals surface area contributed by atoms with Gasteiger partial charge in [0.05, 0.1) is 7.11 Å². The van der Waals surface area contributed by atoms with Crippen LogP contribution in [0.4, 0.5) is 0 Å². The quantitative estimate of drug-likeness (QED) is 0.220. The Balaban J connectivity index is 1.80. The number of fused-ring (bicyclic) bond motifs is 2. The fourth-order valence-corrected chi connectivity index (χ4v) is 8.19. The molecule has 0 aliphatic rings. The van der Waals surface area contributed by atoms with Crippen LogP contribution in [0.25, 0.3) is 32.7 Å². The molecule has 1 nitrogen and oxygen atoms in total. The van der Waals surface area contributed by atoms with E-state index in [1.165, 1.54) is 59.7 Å². The van der Waals surface area contributed by atoms with Crippen molar-refractivity contribution in [1.82, 2.24) is 0 Å². The molecule has 0 unspecified atom stereocenters. The lowest BCUT2D eigenvalue weighted by Gasteiger charge is -2.27. The van der Waals surface area contributed by atoms with Crippen LogP contribution in [0.2, 0.25) is 0 Å². The van der Waals surface area contributed by atoms with Crippen molar-refractivity contribution in [2.75, 3.05) is 7.11 Å². The molecular formula is C35H29OP. The van der Waals surface area contributed by atoms with Crippen LogP contribution in [0.15, 0.2) is 121 Å². The molecule has 0 fully saturated rings. The molecule has 0 aliphatic carbocycles. The van der Waals surface area contributed by atoms with Gasteiger partial charge < -0.3 is 4.74 Å². The zero-order valence-electron chi connectivity index (χ0n) is 21.4. The number of hydrogen-bond acceptors (Lipinski definition) is 1. The summed E-state index contributed by atoms with van der Waals surface area (Å²) in [4.78, 5) is 0. The first-order chi connectivity index (χ1) is 18.2. The highest BCUT2D eigenvalue weighted by Crippen LogP contribution is 2.46. The van der Waals surface area contributed by atoms with Crippen molar-refractivity contribution in [2.45, 2.75) is 13.8 Å². The van der Waals surface area contributed by atoms with Gasteiger partial charge >= 0.3 is 0 Å². The van der Waals surface area contributed by atoms with Crippen LogP contribution in [0.1, 0.15) is 11.1 Å². The second-order valence-electron chi connectivity index (χ2n) is 9.45. The summed E-state index contributed by atoms with van der Waals surface area (Å²) in [6, 6.07) is 44.1. The molecule has 6 rings (SSSR count). The summed E-state index contributed by atoms with van der Waals surface area (Å²) < 4.78 is 6.06. The van der Waals surface area contributed by atoms with E-state index in [-0.39, 0.29) is 0 Å². The third kappa shape index (κ3) is 4.10. The minimum absolute atomic E-state index is 0.834. The molecule has 6 aromatic carbocycles. The van der Waals surface area contributed by atoms with Crippen molar-refractivity contribution in [3.05, 3.63) is 132 Å². The van der Waals surface area contributed by atoms with Crippen molar-refractivity contribution in [1.29, 1.82) is 0 Å². The van der Waals surface area contributed by atoms with Crippen molar-refractivity contribution in [2.24, 2.45) is 0 Å². The molecule has 0 saturated heterocycles. The minimum Gasteiger partial charge on any atom is -0.496 e. The largest absolute Gasteiger partial charge is 0.496 e. The molecule has 0 aliphatic heterocycles. The monoisotopic (exact) mass is 496 g/mol. The summed E-state index contributed by atoms with van der Waals surface area (Å²) in [5, 5.41) is 9.05. The lowest BCUT2D eigenvalue weighted by atomic mass is 9.93. The van der Waals surface area contributed by atoms with Gasteiger partial charge in [0.25, 0.3) is 0 Å².